The van der Waals surface area contributed by atoms with Crippen LogP contribution < -0.4 is 5.73 Å². The Kier molecular flexibility index (Phi) is 6.09. The Bertz CT molecular complexity index is 392. The Morgan fingerprint density at radius 3 is 2.83 bits per heavy atom. The van der Waals surface area contributed by atoms with E-state index in [1.54, 1.807) is 13.0 Å². The molecule has 1 atom stereocenters. The van der Waals surface area contributed by atoms with Crippen LogP contribution in [0.15, 0.2) is 18.2 Å². The zero-order chi connectivity index (χ0) is 13.5. The number of halogens is 2. The Morgan fingerprint density at radius 1 is 1.50 bits per heavy atom. The van der Waals surface area contributed by atoms with Gasteiger partial charge in [0.25, 0.3) is 0 Å². The Hall–Kier alpha value is -1.13. The smallest absolute Gasteiger partial charge is 0.305 e. The molecule has 0 bridgehead atoms. The molecule has 100 valence electrons. The highest BCUT2D eigenvalue weighted by atomic mass is 35.5. The van der Waals surface area contributed by atoms with Crippen LogP contribution in [0.1, 0.15) is 25.3 Å². The normalized spacial score (nSPS) is 12.2. The number of esters is 1. The summed E-state index contributed by atoms with van der Waals surface area (Å²) in [7, 11) is 0. The Labute approximate surface area is 111 Å². The van der Waals surface area contributed by atoms with Crippen LogP contribution in [-0.4, -0.2) is 18.6 Å². The van der Waals surface area contributed by atoms with E-state index in [0.717, 1.165) is 5.56 Å². The average Bonchev–Trinajstić information content (AvgIpc) is 2.25. The van der Waals surface area contributed by atoms with Crippen molar-refractivity contribution < 1.29 is 13.9 Å². The molecular weight excluding hydrogens is 257 g/mol. The van der Waals surface area contributed by atoms with E-state index in [0.29, 0.717) is 24.5 Å². The fourth-order valence-electron chi connectivity index (χ4n) is 1.67. The van der Waals surface area contributed by atoms with Gasteiger partial charge in [-0.3, -0.25) is 4.79 Å². The van der Waals surface area contributed by atoms with Gasteiger partial charge < -0.3 is 10.5 Å². The lowest BCUT2D eigenvalue weighted by Gasteiger charge is -2.11. The van der Waals surface area contributed by atoms with Gasteiger partial charge >= 0.3 is 5.97 Å². The standard InChI is InChI=1S/C13H17ClFNO2/c1-2-18-13(17)4-3-12(16)7-9-5-10(14)8-11(15)6-9/h5-6,8,12H,2-4,7,16H2,1H3. The van der Waals surface area contributed by atoms with Crippen LogP contribution in [0.4, 0.5) is 4.39 Å². The van der Waals surface area contributed by atoms with E-state index in [4.69, 9.17) is 22.1 Å². The molecule has 0 aromatic heterocycles. The van der Waals surface area contributed by atoms with E-state index in [2.05, 4.69) is 0 Å². The summed E-state index contributed by atoms with van der Waals surface area (Å²) in [4.78, 5) is 11.1. The molecule has 0 radical (unpaired) electrons. The summed E-state index contributed by atoms with van der Waals surface area (Å²) >= 11 is 5.75. The molecule has 1 unspecified atom stereocenters. The van der Waals surface area contributed by atoms with E-state index in [9.17, 15) is 9.18 Å². The number of ether oxygens (including phenoxy) is 1. The predicted octanol–water partition coefficient (Wildman–Crippen LogP) is 2.69. The zero-order valence-electron chi connectivity index (χ0n) is 10.3. The van der Waals surface area contributed by atoms with Crippen LogP contribution in [-0.2, 0) is 16.0 Å². The van der Waals surface area contributed by atoms with Gasteiger partial charge in [0.15, 0.2) is 0 Å². The van der Waals surface area contributed by atoms with Crippen molar-refractivity contribution in [2.75, 3.05) is 6.61 Å². The van der Waals surface area contributed by atoms with Gasteiger partial charge in [-0.25, -0.2) is 4.39 Å². The molecule has 0 saturated heterocycles. The topological polar surface area (TPSA) is 52.3 Å². The van der Waals surface area contributed by atoms with E-state index in [-0.39, 0.29) is 24.2 Å². The minimum atomic E-state index is -0.380. The van der Waals surface area contributed by atoms with Crippen molar-refractivity contribution in [3.8, 4) is 0 Å². The van der Waals surface area contributed by atoms with Gasteiger partial charge in [0.2, 0.25) is 0 Å². The number of hydrogen-bond acceptors (Lipinski definition) is 3. The van der Waals surface area contributed by atoms with Gasteiger partial charge in [0.05, 0.1) is 6.61 Å². The van der Waals surface area contributed by atoms with Gasteiger partial charge in [0, 0.05) is 17.5 Å². The summed E-state index contributed by atoms with van der Waals surface area (Å²) in [5.41, 5.74) is 6.61. The fourth-order valence-corrected chi connectivity index (χ4v) is 1.91. The van der Waals surface area contributed by atoms with Gasteiger partial charge in [-0.1, -0.05) is 11.6 Å². The van der Waals surface area contributed by atoms with E-state index < -0.39 is 0 Å². The first-order valence-corrected chi connectivity index (χ1v) is 6.25. The molecule has 0 heterocycles. The lowest BCUT2D eigenvalue weighted by atomic mass is 10.0. The average molecular weight is 274 g/mol. The molecular formula is C13H17ClFNO2. The number of carbonyl (C=O) groups is 1. The number of benzene rings is 1. The summed E-state index contributed by atoms with van der Waals surface area (Å²) in [6, 6.07) is 4.10. The van der Waals surface area contributed by atoms with Crippen LogP contribution in [0.5, 0.6) is 0 Å². The third-order valence-electron chi connectivity index (χ3n) is 2.44. The van der Waals surface area contributed by atoms with Crippen LogP contribution in [0.3, 0.4) is 0 Å². The monoisotopic (exact) mass is 273 g/mol. The molecule has 1 aromatic rings. The maximum absolute atomic E-state index is 13.1. The van der Waals surface area contributed by atoms with E-state index in [1.165, 1.54) is 12.1 Å². The first-order chi connectivity index (χ1) is 8.51. The maximum atomic E-state index is 13.1. The maximum Gasteiger partial charge on any atom is 0.305 e. The number of rotatable bonds is 6. The minimum absolute atomic E-state index is 0.215. The first-order valence-electron chi connectivity index (χ1n) is 5.87. The van der Waals surface area contributed by atoms with E-state index in [1.807, 2.05) is 0 Å². The zero-order valence-corrected chi connectivity index (χ0v) is 11.0. The molecule has 0 saturated carbocycles. The van der Waals surface area contributed by atoms with Crippen molar-refractivity contribution in [3.63, 3.8) is 0 Å². The SMILES string of the molecule is CCOC(=O)CCC(N)Cc1cc(F)cc(Cl)c1. The molecule has 1 aromatic carbocycles. The summed E-state index contributed by atoms with van der Waals surface area (Å²) in [6.07, 6.45) is 1.27. The van der Waals surface area contributed by atoms with Crippen LogP contribution in [0.2, 0.25) is 5.02 Å². The predicted molar refractivity (Wildman–Crippen MR) is 69.0 cm³/mol. The van der Waals surface area contributed by atoms with E-state index >= 15 is 0 Å². The Morgan fingerprint density at radius 2 is 2.22 bits per heavy atom. The van der Waals surface area contributed by atoms with Crippen LogP contribution in [0, 0.1) is 5.82 Å². The highest BCUT2D eigenvalue weighted by molar-refractivity contribution is 6.30. The van der Waals surface area contributed by atoms with Gasteiger partial charge in [0.1, 0.15) is 5.82 Å². The molecule has 0 aliphatic heterocycles. The Balaban J connectivity index is 2.44. The second-order valence-corrected chi connectivity index (χ2v) is 4.52. The van der Waals surface area contributed by atoms with Gasteiger partial charge in [-0.15, -0.1) is 0 Å². The number of hydrogen-bond donors (Lipinski definition) is 1. The second kappa shape index (κ2) is 7.34. The molecule has 0 spiro atoms. The lowest BCUT2D eigenvalue weighted by molar-refractivity contribution is -0.143. The highest BCUT2D eigenvalue weighted by Crippen LogP contribution is 2.16. The first kappa shape index (κ1) is 14.9. The van der Waals surface area contributed by atoms with Crippen LogP contribution in [0.25, 0.3) is 0 Å². The summed E-state index contributed by atoms with van der Waals surface area (Å²) < 4.78 is 17.9. The lowest BCUT2D eigenvalue weighted by Crippen LogP contribution is -2.24. The molecule has 0 aliphatic carbocycles. The van der Waals surface area contributed by atoms with Crippen molar-refractivity contribution >= 4 is 17.6 Å². The highest BCUT2D eigenvalue weighted by Gasteiger charge is 2.09. The summed E-state index contributed by atoms with van der Waals surface area (Å²) in [5.74, 6) is -0.639. The molecule has 0 aliphatic rings. The summed E-state index contributed by atoms with van der Waals surface area (Å²) in [5, 5.41) is 0.350. The number of carbonyl (C=O) groups excluding carboxylic acids is 1. The molecule has 5 heteroatoms. The van der Waals surface area contributed by atoms with Gasteiger partial charge in [-0.05, 0) is 43.5 Å². The second-order valence-electron chi connectivity index (χ2n) is 4.09. The summed E-state index contributed by atoms with van der Waals surface area (Å²) in [6.45, 7) is 2.13. The van der Waals surface area contributed by atoms with Crippen molar-refractivity contribution in [2.45, 2.75) is 32.2 Å². The molecule has 18 heavy (non-hydrogen) atoms. The molecule has 2 N–H and O–H groups in total. The van der Waals surface area contributed by atoms with Crippen molar-refractivity contribution in [1.82, 2.24) is 0 Å². The van der Waals surface area contributed by atoms with Crippen molar-refractivity contribution in [3.05, 3.63) is 34.6 Å². The quantitative estimate of drug-likeness (QED) is 0.811. The molecule has 0 fully saturated rings. The molecule has 3 nitrogen and oxygen atoms in total. The van der Waals surface area contributed by atoms with Gasteiger partial charge in [-0.2, -0.15) is 0 Å². The third-order valence-corrected chi connectivity index (χ3v) is 2.66. The van der Waals surface area contributed by atoms with Crippen molar-refractivity contribution in [1.29, 1.82) is 0 Å². The largest absolute Gasteiger partial charge is 0.466 e. The molecule has 0 amide bonds. The fraction of sp³-hybridized carbons (Fsp3) is 0.462. The minimum Gasteiger partial charge on any atom is -0.466 e. The number of nitrogens with two attached hydrogens (primary N) is 1. The third kappa shape index (κ3) is 5.47. The van der Waals surface area contributed by atoms with Crippen LogP contribution >= 0.6 is 11.6 Å². The van der Waals surface area contributed by atoms with Crippen molar-refractivity contribution in [2.24, 2.45) is 5.73 Å². The molecule has 1 rings (SSSR count).